The van der Waals surface area contributed by atoms with Gasteiger partial charge in [-0.15, -0.1) is 0 Å². The van der Waals surface area contributed by atoms with Crippen LogP contribution in [-0.2, 0) is 0 Å². The molecule has 0 bridgehead atoms. The molecule has 0 spiro atoms. The summed E-state index contributed by atoms with van der Waals surface area (Å²) in [5.41, 5.74) is 3.03. The average molecular weight is 278 g/mol. The minimum Gasteiger partial charge on any atom is -0.335 e. The fourth-order valence-corrected chi connectivity index (χ4v) is 2.37. The van der Waals surface area contributed by atoms with Gasteiger partial charge in [-0.05, 0) is 30.9 Å². The maximum Gasteiger partial charge on any atom is 0.257 e. The molecule has 5 heteroatoms. The molecule has 20 heavy (non-hydrogen) atoms. The fourth-order valence-electron chi connectivity index (χ4n) is 2.37. The number of carbonyl (C=O) groups is 1. The molecule has 0 aliphatic carbocycles. The number of amides is 1. The summed E-state index contributed by atoms with van der Waals surface area (Å²) in [6.45, 7) is 9.20. The van der Waals surface area contributed by atoms with Crippen LogP contribution in [0.1, 0.15) is 50.9 Å². The summed E-state index contributed by atoms with van der Waals surface area (Å²) in [4.78, 5) is 18.9. The number of nitrogens with two attached hydrogens (primary N) is 1. The molecule has 1 amide bonds. The van der Waals surface area contributed by atoms with Crippen LogP contribution in [0.15, 0.2) is 18.3 Å². The van der Waals surface area contributed by atoms with Crippen molar-refractivity contribution in [3.8, 4) is 0 Å². The van der Waals surface area contributed by atoms with Gasteiger partial charge in [0.15, 0.2) is 5.82 Å². The van der Waals surface area contributed by atoms with Gasteiger partial charge in [-0.25, -0.2) is 10.8 Å². The molecule has 0 aliphatic rings. The van der Waals surface area contributed by atoms with E-state index in [2.05, 4.69) is 38.1 Å². The number of hydrazine groups is 1. The Morgan fingerprint density at radius 1 is 1.40 bits per heavy atom. The second-order valence-electron chi connectivity index (χ2n) is 5.37. The summed E-state index contributed by atoms with van der Waals surface area (Å²) < 4.78 is 0. The van der Waals surface area contributed by atoms with Crippen molar-refractivity contribution in [3.05, 3.63) is 23.9 Å². The van der Waals surface area contributed by atoms with Crippen LogP contribution in [-0.4, -0.2) is 28.4 Å². The van der Waals surface area contributed by atoms with Crippen molar-refractivity contribution in [2.24, 2.45) is 11.8 Å². The lowest BCUT2D eigenvalue weighted by atomic mass is 10.1. The van der Waals surface area contributed by atoms with Crippen LogP contribution in [0.25, 0.3) is 0 Å². The molecule has 0 fully saturated rings. The van der Waals surface area contributed by atoms with E-state index in [9.17, 15) is 4.79 Å². The van der Waals surface area contributed by atoms with Crippen molar-refractivity contribution in [1.82, 2.24) is 9.88 Å². The lowest BCUT2D eigenvalue weighted by molar-refractivity contribution is 0.0641. The zero-order valence-electron chi connectivity index (χ0n) is 12.9. The van der Waals surface area contributed by atoms with E-state index in [1.54, 1.807) is 18.3 Å². The first kappa shape index (κ1) is 16.4. The highest BCUT2D eigenvalue weighted by Gasteiger charge is 2.25. The summed E-state index contributed by atoms with van der Waals surface area (Å²) >= 11 is 0. The minimum atomic E-state index is -0.00606. The molecule has 1 aromatic heterocycles. The Morgan fingerprint density at radius 3 is 2.55 bits per heavy atom. The third-order valence-corrected chi connectivity index (χ3v) is 3.38. The second kappa shape index (κ2) is 7.85. The molecule has 0 saturated carbocycles. The number of aromatic nitrogens is 1. The number of anilines is 1. The Kier molecular flexibility index (Phi) is 6.45. The normalized spacial score (nSPS) is 10.9. The van der Waals surface area contributed by atoms with E-state index in [0.29, 0.717) is 17.3 Å². The molecule has 1 aromatic rings. The highest BCUT2D eigenvalue weighted by Crippen LogP contribution is 2.19. The molecule has 1 heterocycles. The minimum absolute atomic E-state index is 0.00606. The SMILES string of the molecule is CCC(CC)N(CC(C)C)C(=O)c1cccnc1NN. The molecule has 1 rings (SSSR count). The number of carbonyl (C=O) groups excluding carboxylic acids is 1. The number of nitrogens with zero attached hydrogens (tertiary/aromatic N) is 2. The number of hydrogen-bond acceptors (Lipinski definition) is 4. The third-order valence-electron chi connectivity index (χ3n) is 3.38. The van der Waals surface area contributed by atoms with Gasteiger partial charge in [0.25, 0.3) is 5.91 Å². The second-order valence-corrected chi connectivity index (χ2v) is 5.37. The highest BCUT2D eigenvalue weighted by atomic mass is 16.2. The van der Waals surface area contributed by atoms with Gasteiger partial charge in [0.2, 0.25) is 0 Å². The van der Waals surface area contributed by atoms with Crippen LogP contribution >= 0.6 is 0 Å². The van der Waals surface area contributed by atoms with Gasteiger partial charge in [-0.3, -0.25) is 4.79 Å². The lowest BCUT2D eigenvalue weighted by Crippen LogP contribution is -2.42. The molecule has 0 aliphatic heterocycles. The first-order valence-electron chi connectivity index (χ1n) is 7.27. The summed E-state index contributed by atoms with van der Waals surface area (Å²) in [5.74, 6) is 6.29. The fraction of sp³-hybridized carbons (Fsp3) is 0.600. The standard InChI is InChI=1S/C15H26N4O/c1-5-12(6-2)19(10-11(3)4)15(20)13-8-7-9-17-14(13)18-16/h7-9,11-12H,5-6,10,16H2,1-4H3,(H,17,18). The van der Waals surface area contributed by atoms with Gasteiger partial charge >= 0.3 is 0 Å². The Balaban J connectivity index is 3.09. The molecule has 112 valence electrons. The van der Waals surface area contributed by atoms with Crippen molar-refractivity contribution in [3.63, 3.8) is 0 Å². The molecular weight excluding hydrogens is 252 g/mol. The van der Waals surface area contributed by atoms with Crippen LogP contribution in [0.4, 0.5) is 5.82 Å². The van der Waals surface area contributed by atoms with Crippen molar-refractivity contribution >= 4 is 11.7 Å². The molecule has 0 radical (unpaired) electrons. The molecule has 0 aromatic carbocycles. The smallest absolute Gasteiger partial charge is 0.257 e. The van der Waals surface area contributed by atoms with Crippen molar-refractivity contribution < 1.29 is 4.79 Å². The first-order chi connectivity index (χ1) is 9.54. The topological polar surface area (TPSA) is 71.2 Å². The molecule has 0 unspecified atom stereocenters. The quantitative estimate of drug-likeness (QED) is 0.594. The maximum absolute atomic E-state index is 12.8. The predicted octanol–water partition coefficient (Wildman–Crippen LogP) is 2.65. The molecular formula is C15H26N4O. The van der Waals surface area contributed by atoms with Crippen LogP contribution < -0.4 is 11.3 Å². The van der Waals surface area contributed by atoms with Gasteiger partial charge < -0.3 is 10.3 Å². The van der Waals surface area contributed by atoms with Gasteiger partial charge in [-0.1, -0.05) is 27.7 Å². The predicted molar refractivity (Wildman–Crippen MR) is 82.3 cm³/mol. The average Bonchev–Trinajstić information content (AvgIpc) is 2.46. The lowest BCUT2D eigenvalue weighted by Gasteiger charge is -2.32. The number of pyridine rings is 1. The highest BCUT2D eigenvalue weighted by molar-refractivity contribution is 5.98. The van der Waals surface area contributed by atoms with E-state index in [1.807, 2.05) is 4.90 Å². The summed E-state index contributed by atoms with van der Waals surface area (Å²) in [6.07, 6.45) is 3.51. The number of rotatable bonds is 7. The summed E-state index contributed by atoms with van der Waals surface area (Å²) in [7, 11) is 0. The van der Waals surface area contributed by atoms with E-state index in [4.69, 9.17) is 5.84 Å². The van der Waals surface area contributed by atoms with E-state index >= 15 is 0 Å². The van der Waals surface area contributed by atoms with Gasteiger partial charge in [-0.2, -0.15) is 0 Å². The largest absolute Gasteiger partial charge is 0.335 e. The first-order valence-corrected chi connectivity index (χ1v) is 7.27. The van der Waals surface area contributed by atoms with Crippen molar-refractivity contribution in [2.45, 2.75) is 46.6 Å². The summed E-state index contributed by atoms with van der Waals surface area (Å²) in [6, 6.07) is 3.77. The summed E-state index contributed by atoms with van der Waals surface area (Å²) in [5, 5.41) is 0. The zero-order chi connectivity index (χ0) is 15.1. The van der Waals surface area contributed by atoms with Crippen LogP contribution in [0.3, 0.4) is 0 Å². The Morgan fingerprint density at radius 2 is 2.05 bits per heavy atom. The molecule has 3 N–H and O–H groups in total. The maximum atomic E-state index is 12.8. The Labute approximate surface area is 121 Å². The number of nitrogens with one attached hydrogen (secondary N) is 1. The van der Waals surface area contributed by atoms with E-state index in [-0.39, 0.29) is 11.9 Å². The Hall–Kier alpha value is -1.62. The van der Waals surface area contributed by atoms with Gasteiger partial charge in [0.1, 0.15) is 0 Å². The number of nitrogen functional groups attached to an aromatic ring is 1. The van der Waals surface area contributed by atoms with E-state index in [0.717, 1.165) is 19.4 Å². The zero-order valence-corrected chi connectivity index (χ0v) is 12.9. The van der Waals surface area contributed by atoms with Crippen LogP contribution in [0.5, 0.6) is 0 Å². The van der Waals surface area contributed by atoms with Crippen LogP contribution in [0, 0.1) is 5.92 Å². The van der Waals surface area contributed by atoms with Crippen molar-refractivity contribution in [2.75, 3.05) is 12.0 Å². The van der Waals surface area contributed by atoms with Crippen molar-refractivity contribution in [1.29, 1.82) is 0 Å². The Bertz CT molecular complexity index is 430. The van der Waals surface area contributed by atoms with E-state index < -0.39 is 0 Å². The van der Waals surface area contributed by atoms with Gasteiger partial charge in [0, 0.05) is 18.8 Å². The van der Waals surface area contributed by atoms with Crippen LogP contribution in [0.2, 0.25) is 0 Å². The number of hydrogen-bond donors (Lipinski definition) is 2. The third kappa shape index (κ3) is 3.93. The van der Waals surface area contributed by atoms with Gasteiger partial charge in [0.05, 0.1) is 5.56 Å². The molecule has 0 atom stereocenters. The van der Waals surface area contributed by atoms with E-state index in [1.165, 1.54) is 0 Å². The monoisotopic (exact) mass is 278 g/mol. The molecule has 0 saturated heterocycles. The molecule has 5 nitrogen and oxygen atoms in total.